The number of para-hydroxylation sites is 1. The Labute approximate surface area is 126 Å². The number of anilines is 1. The molecule has 0 spiro atoms. The Kier molecular flexibility index (Phi) is 2.41. The molecule has 21 heavy (non-hydrogen) atoms. The zero-order valence-corrected chi connectivity index (χ0v) is 11.7. The number of nitrogens with zero attached hydrogens (tertiary/aromatic N) is 3. The summed E-state index contributed by atoms with van der Waals surface area (Å²) < 4.78 is 23.5. The van der Waals surface area contributed by atoms with Crippen molar-refractivity contribution < 1.29 is 4.11 Å². The lowest BCUT2D eigenvalue weighted by atomic mass is 10.2. The molecule has 5 heteroatoms. The summed E-state index contributed by atoms with van der Waals surface area (Å²) in [6.07, 6.45) is 0. The molecule has 0 amide bonds. The molecule has 0 aliphatic carbocycles. The first kappa shape index (κ1) is 10.1. The highest BCUT2D eigenvalue weighted by Gasteiger charge is 2.13. The average molecular weight is 283 g/mol. The average Bonchev–Trinajstić information content (AvgIpc) is 2.47. The Balaban J connectivity index is 2.38. The first-order valence-electron chi connectivity index (χ1n) is 8.01. The van der Waals surface area contributed by atoms with Gasteiger partial charge in [0.2, 0.25) is 0 Å². The summed E-state index contributed by atoms with van der Waals surface area (Å²) in [5.41, 5.74) is 2.06. The summed E-state index contributed by atoms with van der Waals surface area (Å²) in [7, 11) is 0. The van der Waals surface area contributed by atoms with Crippen LogP contribution in [-0.2, 0) is 0 Å². The maximum Gasteiger partial charge on any atom is 0.355 e. The topological polar surface area (TPSA) is 59.8 Å². The normalized spacial score (nSPS) is 13.5. The van der Waals surface area contributed by atoms with Crippen LogP contribution in [0.4, 0.5) is 5.82 Å². The zero-order chi connectivity index (χ0) is 17.5. The van der Waals surface area contributed by atoms with Crippen LogP contribution in [0.25, 0.3) is 16.7 Å². The molecule has 5 nitrogen and oxygen atoms in total. The van der Waals surface area contributed by atoms with Crippen LogP contribution in [0.1, 0.15) is 15.4 Å². The first-order valence-corrected chi connectivity index (χ1v) is 6.51. The molecule has 0 aliphatic heterocycles. The van der Waals surface area contributed by atoms with E-state index in [0.29, 0.717) is 16.7 Å². The minimum atomic E-state index is -2.45. The molecule has 0 saturated heterocycles. The summed E-state index contributed by atoms with van der Waals surface area (Å²) >= 11 is 0. The smallest absolute Gasteiger partial charge is 0.355 e. The maximum atomic E-state index is 12.6. The van der Waals surface area contributed by atoms with E-state index in [0.717, 1.165) is 11.3 Å². The van der Waals surface area contributed by atoms with E-state index in [2.05, 4.69) is 15.3 Å². The third-order valence-corrected chi connectivity index (χ3v) is 3.35. The van der Waals surface area contributed by atoms with Crippen LogP contribution in [0.15, 0.2) is 41.2 Å². The highest BCUT2D eigenvalue weighted by molar-refractivity contribution is 5.87. The minimum Gasteiger partial charge on any atom is -0.372 e. The molecule has 0 bridgehead atoms. The first-order chi connectivity index (χ1) is 11.3. The predicted molar refractivity (Wildman–Crippen MR) is 84.2 cm³/mol. The van der Waals surface area contributed by atoms with Crippen molar-refractivity contribution in [1.29, 1.82) is 0 Å². The molecule has 2 aromatic heterocycles. The largest absolute Gasteiger partial charge is 0.372 e. The van der Waals surface area contributed by atoms with Gasteiger partial charge in [0.1, 0.15) is 5.82 Å². The zero-order valence-electron chi connectivity index (χ0n) is 14.7. The van der Waals surface area contributed by atoms with Crippen molar-refractivity contribution in [3.05, 3.63) is 58.1 Å². The van der Waals surface area contributed by atoms with Gasteiger partial charge in [0.25, 0.3) is 0 Å². The van der Waals surface area contributed by atoms with E-state index in [4.69, 9.17) is 4.11 Å². The second-order valence-electron chi connectivity index (χ2n) is 4.81. The molecule has 0 saturated carbocycles. The van der Waals surface area contributed by atoms with Crippen molar-refractivity contribution in [2.24, 2.45) is 0 Å². The van der Waals surface area contributed by atoms with Crippen molar-refractivity contribution in [3.63, 3.8) is 0 Å². The van der Waals surface area contributed by atoms with E-state index >= 15 is 0 Å². The molecule has 0 radical (unpaired) electrons. The Morgan fingerprint density at radius 1 is 1.14 bits per heavy atom. The summed E-state index contributed by atoms with van der Waals surface area (Å²) in [6, 6.07) is 10.9. The number of hydrogen-bond donors (Lipinski definition) is 1. The van der Waals surface area contributed by atoms with Gasteiger partial charge < -0.3 is 5.32 Å². The number of nitrogens with one attached hydrogen (secondary N) is 1. The molecular weight excluding hydrogens is 264 g/mol. The number of benzene rings is 1. The van der Waals surface area contributed by atoms with Crippen molar-refractivity contribution in [2.75, 3.05) is 12.3 Å². The van der Waals surface area contributed by atoms with Crippen LogP contribution in [0.2, 0.25) is 0 Å². The van der Waals surface area contributed by atoms with Crippen molar-refractivity contribution >= 4 is 16.9 Å². The van der Waals surface area contributed by atoms with Gasteiger partial charge in [0, 0.05) is 16.8 Å². The predicted octanol–water partition coefficient (Wildman–Crippen LogP) is 2.44. The van der Waals surface area contributed by atoms with E-state index in [-0.39, 0.29) is 5.82 Å². The van der Waals surface area contributed by atoms with Crippen LogP contribution in [0, 0.1) is 13.8 Å². The van der Waals surface area contributed by atoms with Gasteiger partial charge >= 0.3 is 5.69 Å². The molecule has 1 N–H and O–H groups in total. The van der Waals surface area contributed by atoms with E-state index in [1.165, 1.54) is 4.57 Å². The summed E-state index contributed by atoms with van der Waals surface area (Å²) in [5, 5.41) is 2.79. The van der Waals surface area contributed by atoms with Crippen LogP contribution in [0.3, 0.4) is 0 Å². The number of fused-ring (bicyclic) bond motifs is 1. The van der Waals surface area contributed by atoms with Crippen LogP contribution >= 0.6 is 0 Å². The fraction of sp³-hybridized carbons (Fsp3) is 0.188. The van der Waals surface area contributed by atoms with Gasteiger partial charge in [0.05, 0.1) is 11.1 Å². The molecular formula is C16H16N4O. The van der Waals surface area contributed by atoms with Gasteiger partial charge in [-0.15, -0.1) is 0 Å². The molecule has 2 heterocycles. The van der Waals surface area contributed by atoms with Gasteiger partial charge in [-0.3, -0.25) is 0 Å². The summed E-state index contributed by atoms with van der Waals surface area (Å²) in [6.45, 7) is 1.24. The lowest BCUT2D eigenvalue weighted by Gasteiger charge is -2.13. The standard InChI is InChI=1S/C16H16N4O/c1-10-6-4-5-7-13(10)20-15-12(9-8-11(2)18-15)14(17-3)19-16(20)21/h4-9H,1-3H3,(H,17,19,21)/i3D3. The van der Waals surface area contributed by atoms with Gasteiger partial charge in [-0.2, -0.15) is 4.98 Å². The summed E-state index contributed by atoms with van der Waals surface area (Å²) in [5.74, 6) is 0.00679. The molecule has 0 aliphatic rings. The van der Waals surface area contributed by atoms with Crippen molar-refractivity contribution in [3.8, 4) is 5.69 Å². The maximum absolute atomic E-state index is 12.6. The van der Waals surface area contributed by atoms with Crippen molar-refractivity contribution in [2.45, 2.75) is 13.8 Å². The fourth-order valence-electron chi connectivity index (χ4n) is 2.32. The highest BCUT2D eigenvalue weighted by atomic mass is 16.1. The Hall–Kier alpha value is -2.69. The molecule has 0 unspecified atom stereocenters. The summed E-state index contributed by atoms with van der Waals surface area (Å²) in [4.78, 5) is 21.0. The lowest BCUT2D eigenvalue weighted by molar-refractivity contribution is 0.930. The number of aryl methyl sites for hydroxylation is 2. The van der Waals surface area contributed by atoms with Crippen LogP contribution in [-0.4, -0.2) is 21.5 Å². The highest BCUT2D eigenvalue weighted by Crippen LogP contribution is 2.22. The second kappa shape index (κ2) is 5.01. The number of aromatic nitrogens is 3. The SMILES string of the molecule is [2H]C([2H])([2H])Nc1nc(=O)n(-c2ccccc2C)c2nc(C)ccc12. The number of rotatable bonds is 2. The molecule has 106 valence electrons. The molecule has 3 aromatic rings. The van der Waals surface area contributed by atoms with Gasteiger partial charge in [-0.05, 0) is 37.6 Å². The van der Waals surface area contributed by atoms with E-state index in [1.54, 1.807) is 18.2 Å². The molecule has 0 atom stereocenters. The van der Waals surface area contributed by atoms with Gasteiger partial charge in [-0.1, -0.05) is 18.2 Å². The van der Waals surface area contributed by atoms with E-state index in [1.807, 2.05) is 32.0 Å². The number of hydrogen-bond acceptors (Lipinski definition) is 4. The fourth-order valence-corrected chi connectivity index (χ4v) is 2.32. The van der Waals surface area contributed by atoms with Crippen molar-refractivity contribution in [1.82, 2.24) is 14.5 Å². The molecule has 1 aromatic carbocycles. The van der Waals surface area contributed by atoms with Crippen LogP contribution in [0.5, 0.6) is 0 Å². The third-order valence-electron chi connectivity index (χ3n) is 3.35. The Morgan fingerprint density at radius 3 is 2.71 bits per heavy atom. The van der Waals surface area contributed by atoms with E-state index in [9.17, 15) is 4.79 Å². The molecule has 3 rings (SSSR count). The quantitative estimate of drug-likeness (QED) is 0.784. The van der Waals surface area contributed by atoms with E-state index < -0.39 is 12.7 Å². The Bertz CT molecular complexity index is 979. The third kappa shape index (κ3) is 2.16. The number of pyridine rings is 1. The van der Waals surface area contributed by atoms with Gasteiger partial charge in [0.15, 0.2) is 5.65 Å². The minimum absolute atomic E-state index is 0.00679. The van der Waals surface area contributed by atoms with Gasteiger partial charge in [-0.25, -0.2) is 14.3 Å². The Morgan fingerprint density at radius 2 is 1.95 bits per heavy atom. The molecule has 0 fully saturated rings. The lowest BCUT2D eigenvalue weighted by Crippen LogP contribution is -2.24. The monoisotopic (exact) mass is 283 g/mol. The second-order valence-corrected chi connectivity index (χ2v) is 4.81. The van der Waals surface area contributed by atoms with Crippen LogP contribution < -0.4 is 11.0 Å².